The fraction of sp³-hybridized carbons (Fsp3) is 0.306. The van der Waals surface area contributed by atoms with Gasteiger partial charge in [0.05, 0.1) is 55.7 Å². The Bertz CT molecular complexity index is 2060. The number of hydrogen-bond donors (Lipinski definition) is 1. The quantitative estimate of drug-likeness (QED) is 0.129. The molecule has 14 heteroatoms. The number of pyridine rings is 1. The van der Waals surface area contributed by atoms with Gasteiger partial charge in [-0.15, -0.1) is 0 Å². The van der Waals surface area contributed by atoms with Crippen LogP contribution in [0.5, 0.6) is 11.6 Å². The summed E-state index contributed by atoms with van der Waals surface area (Å²) in [6.07, 6.45) is 3.64. The second-order valence-corrected chi connectivity index (χ2v) is 12.7. The van der Waals surface area contributed by atoms with Crippen LogP contribution in [0.15, 0.2) is 65.7 Å². The zero-order valence-electron chi connectivity index (χ0n) is 29.0. The molecule has 3 heterocycles. The lowest BCUT2D eigenvalue weighted by Crippen LogP contribution is -2.21. The molecule has 2 aromatic carbocycles. The molecule has 0 radical (unpaired) electrons. The topological polar surface area (TPSA) is 126 Å². The van der Waals surface area contributed by atoms with E-state index < -0.39 is 5.97 Å². The van der Waals surface area contributed by atoms with Crippen LogP contribution >= 0.6 is 23.2 Å². The SMILES string of the molecule is CCOC(=O)c1nn(-c2cnc(N(C)C)nc2OC)c(C(C)C)c1Cc1ccc(Cl)c(Nc2cc(Cl)c(=O)n(Cc3ccc(OC)cc3)c2)c1. The molecule has 0 aliphatic heterocycles. The Morgan fingerprint density at radius 2 is 1.72 bits per heavy atom. The lowest BCUT2D eigenvalue weighted by molar-refractivity contribution is 0.0517. The van der Waals surface area contributed by atoms with Gasteiger partial charge in [-0.05, 0) is 54.3 Å². The Labute approximate surface area is 300 Å². The first-order valence-corrected chi connectivity index (χ1v) is 16.7. The summed E-state index contributed by atoms with van der Waals surface area (Å²) in [6.45, 7) is 6.28. The summed E-state index contributed by atoms with van der Waals surface area (Å²) >= 11 is 13.1. The fourth-order valence-electron chi connectivity index (χ4n) is 5.49. The number of rotatable bonds is 13. The number of nitrogens with zero attached hydrogens (tertiary/aromatic N) is 6. The molecule has 0 aliphatic rings. The molecule has 0 bridgehead atoms. The molecule has 0 aliphatic carbocycles. The number of hydrogen-bond acceptors (Lipinski definition) is 10. The summed E-state index contributed by atoms with van der Waals surface area (Å²) in [5.74, 6) is 0.874. The van der Waals surface area contributed by atoms with Crippen molar-refractivity contribution < 1.29 is 19.0 Å². The van der Waals surface area contributed by atoms with Gasteiger partial charge >= 0.3 is 5.97 Å². The minimum Gasteiger partial charge on any atom is -0.497 e. The number of carbonyl (C=O) groups is 1. The minimum atomic E-state index is -0.547. The number of esters is 1. The highest BCUT2D eigenvalue weighted by Gasteiger charge is 2.28. The van der Waals surface area contributed by atoms with Gasteiger partial charge in [-0.2, -0.15) is 10.1 Å². The predicted octanol–water partition coefficient (Wildman–Crippen LogP) is 6.90. The van der Waals surface area contributed by atoms with Gasteiger partial charge in [0.2, 0.25) is 11.8 Å². The molecule has 0 unspecified atom stereocenters. The van der Waals surface area contributed by atoms with Crippen LogP contribution in [0, 0.1) is 0 Å². The largest absolute Gasteiger partial charge is 0.497 e. The van der Waals surface area contributed by atoms with Crippen LogP contribution < -0.4 is 25.2 Å². The smallest absolute Gasteiger partial charge is 0.359 e. The van der Waals surface area contributed by atoms with E-state index >= 15 is 0 Å². The maximum atomic E-state index is 13.3. The van der Waals surface area contributed by atoms with E-state index in [0.717, 1.165) is 22.6 Å². The van der Waals surface area contributed by atoms with Crippen molar-refractivity contribution in [2.45, 2.75) is 39.7 Å². The average molecular weight is 721 g/mol. The molecule has 0 fully saturated rings. The molecule has 0 amide bonds. The van der Waals surface area contributed by atoms with Crippen LogP contribution in [-0.4, -0.2) is 65.2 Å². The van der Waals surface area contributed by atoms with Crippen molar-refractivity contribution >= 4 is 46.5 Å². The van der Waals surface area contributed by atoms with E-state index in [2.05, 4.69) is 15.3 Å². The van der Waals surface area contributed by atoms with E-state index in [-0.39, 0.29) is 28.8 Å². The highest BCUT2D eigenvalue weighted by molar-refractivity contribution is 6.33. The second-order valence-electron chi connectivity index (χ2n) is 11.9. The van der Waals surface area contributed by atoms with Crippen LogP contribution in [0.2, 0.25) is 10.0 Å². The number of benzene rings is 2. The Balaban J connectivity index is 1.53. The zero-order valence-corrected chi connectivity index (χ0v) is 30.5. The number of aromatic nitrogens is 5. The van der Waals surface area contributed by atoms with Crippen LogP contribution in [0.1, 0.15) is 59.6 Å². The molecule has 0 spiro atoms. The van der Waals surface area contributed by atoms with Crippen molar-refractivity contribution in [3.05, 3.63) is 109 Å². The number of ether oxygens (including phenoxy) is 3. The third-order valence-electron chi connectivity index (χ3n) is 7.83. The fourth-order valence-corrected chi connectivity index (χ4v) is 5.88. The van der Waals surface area contributed by atoms with Crippen molar-refractivity contribution in [1.29, 1.82) is 0 Å². The minimum absolute atomic E-state index is 0.0573. The Morgan fingerprint density at radius 1 is 1.00 bits per heavy atom. The standard InChI is InChI=1S/C36H39Cl2N7O5/c1-8-50-35(47)31-26(32(21(2)3)45(42-31)30-18-39-36(43(4)5)41-33(30)49-7)15-23-11-14-27(37)29(16-23)40-24-17-28(38)34(46)44(20-24)19-22-9-12-25(48-6)13-10-22/h9-14,16-18,20-21,40H,8,15,19H2,1-7H3. The summed E-state index contributed by atoms with van der Waals surface area (Å²) in [6, 6.07) is 14.6. The van der Waals surface area contributed by atoms with E-state index in [0.29, 0.717) is 52.4 Å². The molecule has 0 saturated carbocycles. The lowest BCUT2D eigenvalue weighted by atomic mass is 9.96. The number of carbonyl (C=O) groups excluding carboxylic acids is 1. The maximum absolute atomic E-state index is 13.3. The number of anilines is 3. The molecule has 262 valence electrons. The predicted molar refractivity (Wildman–Crippen MR) is 195 cm³/mol. The molecule has 0 atom stereocenters. The first-order valence-electron chi connectivity index (χ1n) is 15.9. The van der Waals surface area contributed by atoms with E-state index in [1.54, 1.807) is 48.1 Å². The van der Waals surface area contributed by atoms with Gasteiger partial charge in [0.1, 0.15) is 16.5 Å². The summed E-state index contributed by atoms with van der Waals surface area (Å²) in [7, 11) is 6.80. The van der Waals surface area contributed by atoms with Crippen molar-refractivity contribution in [2.24, 2.45) is 0 Å². The molecule has 0 saturated heterocycles. The highest BCUT2D eigenvalue weighted by Crippen LogP contribution is 2.34. The first-order chi connectivity index (χ1) is 23.9. The Hall–Kier alpha value is -5.07. The van der Waals surface area contributed by atoms with Crippen molar-refractivity contribution in [2.75, 3.05) is 45.1 Å². The number of nitrogens with one attached hydrogen (secondary N) is 1. The van der Waals surface area contributed by atoms with E-state index in [1.807, 2.05) is 64.3 Å². The Kier molecular flexibility index (Phi) is 11.3. The molecule has 12 nitrogen and oxygen atoms in total. The molecule has 3 aromatic heterocycles. The first kappa shape index (κ1) is 36.2. The van der Waals surface area contributed by atoms with Gasteiger partial charge in [0.25, 0.3) is 5.56 Å². The summed E-state index contributed by atoms with van der Waals surface area (Å²) in [4.78, 5) is 37.0. The Morgan fingerprint density at radius 3 is 2.36 bits per heavy atom. The monoisotopic (exact) mass is 719 g/mol. The molecule has 5 aromatic rings. The van der Waals surface area contributed by atoms with Crippen LogP contribution in [0.4, 0.5) is 17.3 Å². The summed E-state index contributed by atoms with van der Waals surface area (Å²) in [5, 5.41) is 8.58. The average Bonchev–Trinajstić information content (AvgIpc) is 3.47. The van der Waals surface area contributed by atoms with Crippen molar-refractivity contribution in [3.8, 4) is 17.3 Å². The third-order valence-corrected chi connectivity index (χ3v) is 8.43. The summed E-state index contributed by atoms with van der Waals surface area (Å²) < 4.78 is 19.5. The molecule has 5 rings (SSSR count). The van der Waals surface area contributed by atoms with Crippen molar-refractivity contribution in [1.82, 2.24) is 24.3 Å². The molecule has 1 N–H and O–H groups in total. The zero-order chi connectivity index (χ0) is 36.1. The van der Waals surface area contributed by atoms with E-state index in [4.69, 9.17) is 42.5 Å². The van der Waals surface area contributed by atoms with Gasteiger partial charge in [-0.25, -0.2) is 14.5 Å². The summed E-state index contributed by atoms with van der Waals surface area (Å²) in [5.41, 5.74) is 4.69. The highest BCUT2D eigenvalue weighted by atomic mass is 35.5. The van der Waals surface area contributed by atoms with Gasteiger partial charge in [0.15, 0.2) is 5.69 Å². The van der Waals surface area contributed by atoms with Gasteiger partial charge in [-0.1, -0.05) is 55.2 Å². The van der Waals surface area contributed by atoms with Crippen LogP contribution in [-0.2, 0) is 17.7 Å². The van der Waals surface area contributed by atoms with Gasteiger partial charge < -0.3 is 29.0 Å². The normalized spacial score (nSPS) is 11.1. The lowest BCUT2D eigenvalue weighted by Gasteiger charge is -2.17. The van der Waals surface area contributed by atoms with E-state index in [9.17, 15) is 9.59 Å². The molecule has 50 heavy (non-hydrogen) atoms. The van der Waals surface area contributed by atoms with Crippen LogP contribution in [0.3, 0.4) is 0 Å². The number of halogens is 2. The molecular formula is C36H39Cl2N7O5. The number of methoxy groups -OCH3 is 2. The third kappa shape index (κ3) is 7.87. The van der Waals surface area contributed by atoms with Gasteiger partial charge in [0, 0.05) is 32.3 Å². The maximum Gasteiger partial charge on any atom is 0.359 e. The second kappa shape index (κ2) is 15.6. The molecular weight excluding hydrogens is 681 g/mol. The van der Waals surface area contributed by atoms with E-state index in [1.165, 1.54) is 11.7 Å². The van der Waals surface area contributed by atoms with Crippen molar-refractivity contribution in [3.63, 3.8) is 0 Å². The van der Waals surface area contributed by atoms with Gasteiger partial charge in [-0.3, -0.25) is 4.79 Å². The van der Waals surface area contributed by atoms with Crippen LogP contribution in [0.25, 0.3) is 5.69 Å².